The Morgan fingerprint density at radius 3 is 2.58 bits per heavy atom. The monoisotopic (exact) mass is 264 g/mol. The molecule has 1 aromatic rings. The van der Waals surface area contributed by atoms with E-state index in [2.05, 4.69) is 15.6 Å². The van der Waals surface area contributed by atoms with Crippen LogP contribution in [0.3, 0.4) is 0 Å². The molecule has 2 N–H and O–H groups in total. The lowest BCUT2D eigenvalue weighted by Crippen LogP contribution is -2.16. The lowest BCUT2D eigenvalue weighted by atomic mass is 9.83. The van der Waals surface area contributed by atoms with Gasteiger partial charge in [0.2, 0.25) is 0 Å². The molecule has 0 aromatic carbocycles. The van der Waals surface area contributed by atoms with Gasteiger partial charge in [0.15, 0.2) is 0 Å². The van der Waals surface area contributed by atoms with Crippen molar-refractivity contribution >= 4 is 17.3 Å². The van der Waals surface area contributed by atoms with Crippen LogP contribution in [0.4, 0.5) is 17.3 Å². The minimum atomic E-state index is -0.389. The van der Waals surface area contributed by atoms with Gasteiger partial charge in [-0.15, -0.1) is 0 Å². The molecule has 1 aliphatic carbocycles. The highest BCUT2D eigenvalue weighted by atomic mass is 16.6. The van der Waals surface area contributed by atoms with Crippen molar-refractivity contribution < 1.29 is 4.92 Å². The highest BCUT2D eigenvalue weighted by molar-refractivity contribution is 5.54. The van der Waals surface area contributed by atoms with Gasteiger partial charge in [-0.1, -0.05) is 19.3 Å². The second kappa shape index (κ2) is 6.36. The molecule has 0 amide bonds. The minimum absolute atomic E-state index is 0.0668. The molecule has 6 nitrogen and oxygen atoms in total. The van der Waals surface area contributed by atoms with Gasteiger partial charge in [-0.2, -0.15) is 0 Å². The van der Waals surface area contributed by atoms with Crippen molar-refractivity contribution in [1.29, 1.82) is 0 Å². The van der Waals surface area contributed by atoms with Gasteiger partial charge in [-0.05, 0) is 19.3 Å². The summed E-state index contributed by atoms with van der Waals surface area (Å²) in [6, 6.07) is 2.95. The molecular formula is C13H20N4O2. The van der Waals surface area contributed by atoms with Crippen molar-refractivity contribution in [3.05, 3.63) is 22.2 Å². The molecule has 1 heterocycles. The van der Waals surface area contributed by atoms with Crippen LogP contribution in [-0.4, -0.2) is 23.0 Å². The van der Waals surface area contributed by atoms with E-state index in [1.165, 1.54) is 31.4 Å². The van der Waals surface area contributed by atoms with Gasteiger partial charge in [0.05, 0.1) is 17.1 Å². The van der Waals surface area contributed by atoms with Crippen molar-refractivity contribution in [3.8, 4) is 0 Å². The average Bonchev–Trinajstić information content (AvgIpc) is 2.32. The number of nitro groups is 1. The van der Waals surface area contributed by atoms with Crippen LogP contribution in [0.25, 0.3) is 0 Å². The summed E-state index contributed by atoms with van der Waals surface area (Å²) in [5.74, 6) is 1.94. The Balaban J connectivity index is 1.98. The first-order valence-corrected chi connectivity index (χ1v) is 6.83. The summed E-state index contributed by atoms with van der Waals surface area (Å²) in [5, 5.41) is 17.1. The number of pyridine rings is 1. The summed E-state index contributed by atoms with van der Waals surface area (Å²) in [5.41, 5.74) is 0.0668. The van der Waals surface area contributed by atoms with E-state index in [-0.39, 0.29) is 10.6 Å². The van der Waals surface area contributed by atoms with E-state index >= 15 is 0 Å². The molecule has 0 radical (unpaired) electrons. The third kappa shape index (κ3) is 3.81. The Labute approximate surface area is 112 Å². The largest absolute Gasteiger partial charge is 0.370 e. The molecule has 0 saturated heterocycles. The smallest absolute Gasteiger partial charge is 0.276 e. The zero-order valence-electron chi connectivity index (χ0n) is 11.2. The van der Waals surface area contributed by atoms with Gasteiger partial charge in [0.25, 0.3) is 5.69 Å². The lowest BCUT2D eigenvalue weighted by molar-refractivity contribution is -0.384. The van der Waals surface area contributed by atoms with Gasteiger partial charge >= 0.3 is 0 Å². The Kier molecular flexibility index (Phi) is 4.54. The maximum atomic E-state index is 10.9. The fraction of sp³-hybridized carbons (Fsp3) is 0.615. The topological polar surface area (TPSA) is 80.1 Å². The molecule has 1 saturated carbocycles. The van der Waals surface area contributed by atoms with E-state index < -0.39 is 0 Å². The lowest BCUT2D eigenvalue weighted by Gasteiger charge is -2.25. The SMILES string of the molecule is CCNc1cc([N+](=O)[O-])cc(NCCC2CCC2)n1. The quantitative estimate of drug-likeness (QED) is 0.584. The number of nitrogens with zero attached hydrogens (tertiary/aromatic N) is 2. The van der Waals surface area contributed by atoms with Crippen LogP contribution < -0.4 is 10.6 Å². The van der Waals surface area contributed by atoms with E-state index in [0.29, 0.717) is 18.2 Å². The van der Waals surface area contributed by atoms with E-state index in [1.54, 1.807) is 0 Å². The summed E-state index contributed by atoms with van der Waals surface area (Å²) in [6.45, 7) is 3.45. The molecule has 1 fully saturated rings. The highest BCUT2D eigenvalue weighted by Crippen LogP contribution is 2.29. The normalized spacial score (nSPS) is 14.8. The van der Waals surface area contributed by atoms with Crippen LogP contribution in [0.15, 0.2) is 12.1 Å². The summed E-state index contributed by atoms with van der Waals surface area (Å²) in [4.78, 5) is 14.8. The molecule has 2 rings (SSSR count). The van der Waals surface area contributed by atoms with Crippen LogP contribution in [0.2, 0.25) is 0 Å². The first-order chi connectivity index (χ1) is 9.19. The van der Waals surface area contributed by atoms with Gasteiger partial charge in [0.1, 0.15) is 11.6 Å². The molecule has 104 valence electrons. The summed E-state index contributed by atoms with van der Waals surface area (Å²) >= 11 is 0. The van der Waals surface area contributed by atoms with Crippen molar-refractivity contribution in [2.75, 3.05) is 23.7 Å². The molecule has 0 aliphatic heterocycles. The van der Waals surface area contributed by atoms with Crippen molar-refractivity contribution in [1.82, 2.24) is 4.98 Å². The average molecular weight is 264 g/mol. The fourth-order valence-corrected chi connectivity index (χ4v) is 2.17. The Hall–Kier alpha value is -1.85. The van der Waals surface area contributed by atoms with Gasteiger partial charge in [0, 0.05) is 13.1 Å². The van der Waals surface area contributed by atoms with E-state index in [4.69, 9.17) is 0 Å². The van der Waals surface area contributed by atoms with E-state index in [9.17, 15) is 10.1 Å². The van der Waals surface area contributed by atoms with Crippen LogP contribution in [0.5, 0.6) is 0 Å². The summed E-state index contributed by atoms with van der Waals surface area (Å²) in [7, 11) is 0. The third-order valence-electron chi connectivity index (χ3n) is 3.46. The van der Waals surface area contributed by atoms with Crippen LogP contribution in [0.1, 0.15) is 32.6 Å². The first kappa shape index (κ1) is 13.6. The molecular weight excluding hydrogens is 244 g/mol. The number of hydrogen-bond donors (Lipinski definition) is 2. The van der Waals surface area contributed by atoms with Crippen LogP contribution in [0, 0.1) is 16.0 Å². The maximum absolute atomic E-state index is 10.9. The fourth-order valence-electron chi connectivity index (χ4n) is 2.17. The van der Waals surface area contributed by atoms with Gasteiger partial charge < -0.3 is 10.6 Å². The van der Waals surface area contributed by atoms with Crippen molar-refractivity contribution in [2.45, 2.75) is 32.6 Å². The number of anilines is 2. The van der Waals surface area contributed by atoms with Crippen molar-refractivity contribution in [3.63, 3.8) is 0 Å². The molecule has 6 heteroatoms. The predicted octanol–water partition coefficient (Wildman–Crippen LogP) is 3.02. The Bertz CT molecular complexity index is 446. The summed E-state index contributed by atoms with van der Waals surface area (Å²) in [6.07, 6.45) is 5.07. The zero-order chi connectivity index (χ0) is 13.7. The minimum Gasteiger partial charge on any atom is -0.370 e. The number of rotatable bonds is 7. The molecule has 1 aliphatic rings. The molecule has 19 heavy (non-hydrogen) atoms. The van der Waals surface area contributed by atoms with Crippen LogP contribution >= 0.6 is 0 Å². The molecule has 0 unspecified atom stereocenters. The molecule has 0 atom stereocenters. The number of hydrogen-bond acceptors (Lipinski definition) is 5. The third-order valence-corrected chi connectivity index (χ3v) is 3.46. The van der Waals surface area contributed by atoms with Gasteiger partial charge in [-0.3, -0.25) is 10.1 Å². The predicted molar refractivity (Wildman–Crippen MR) is 75.5 cm³/mol. The van der Waals surface area contributed by atoms with E-state index in [1.807, 2.05) is 6.92 Å². The molecule has 1 aromatic heterocycles. The van der Waals surface area contributed by atoms with Crippen molar-refractivity contribution in [2.24, 2.45) is 5.92 Å². The second-order valence-corrected chi connectivity index (χ2v) is 4.90. The summed E-state index contributed by atoms with van der Waals surface area (Å²) < 4.78 is 0. The number of nitrogens with one attached hydrogen (secondary N) is 2. The number of aromatic nitrogens is 1. The van der Waals surface area contributed by atoms with E-state index in [0.717, 1.165) is 18.9 Å². The molecule has 0 bridgehead atoms. The zero-order valence-corrected chi connectivity index (χ0v) is 11.2. The Morgan fingerprint density at radius 1 is 1.37 bits per heavy atom. The first-order valence-electron chi connectivity index (χ1n) is 6.83. The van der Waals surface area contributed by atoms with Gasteiger partial charge in [-0.25, -0.2) is 4.98 Å². The highest BCUT2D eigenvalue weighted by Gasteiger charge is 2.17. The standard InChI is InChI=1S/C13H20N4O2/c1-2-14-12-8-11(17(18)19)9-13(16-12)15-7-6-10-4-3-5-10/h8-10H,2-7H2,1H3,(H2,14,15,16). The maximum Gasteiger partial charge on any atom is 0.276 e. The van der Waals surface area contributed by atoms with Crippen LogP contribution in [-0.2, 0) is 0 Å². The second-order valence-electron chi connectivity index (χ2n) is 4.90. The molecule has 0 spiro atoms. The Morgan fingerprint density at radius 2 is 2.05 bits per heavy atom.